The average Bonchev–Trinajstić information content (AvgIpc) is 3.09. The predicted octanol–water partition coefficient (Wildman–Crippen LogP) is 3.78. The van der Waals surface area contributed by atoms with E-state index < -0.39 is 43.1 Å². The maximum absolute atomic E-state index is 13.1. The lowest BCUT2D eigenvalue weighted by Crippen LogP contribution is -2.35. The number of carbonyl (C=O) groups excluding carboxylic acids is 1. The zero-order valence-corrected chi connectivity index (χ0v) is 14.9. The van der Waals surface area contributed by atoms with Crippen LogP contribution in [0.15, 0.2) is 42.5 Å². The van der Waals surface area contributed by atoms with Crippen LogP contribution in [-0.4, -0.2) is 46.3 Å². The van der Waals surface area contributed by atoms with E-state index in [-0.39, 0.29) is 5.82 Å². The van der Waals surface area contributed by atoms with Crippen LogP contribution in [0.2, 0.25) is 0 Å². The second-order valence-corrected chi connectivity index (χ2v) is 6.62. The standard InChI is InChI=1S/C19H18F3N3O3/c1-11-13(12-5-3-2-4-6-12)7-8-16(23-11)24-18(28)25-9-14(17(26)27)15(10-25)19(20,21)22/h2-8,14-15H,9-10H2,1H3,(H,26,27)(H,23,24,28)/t14-,15-/m1/s1. The van der Waals surface area contributed by atoms with Gasteiger partial charge < -0.3 is 10.0 Å². The second-order valence-electron chi connectivity index (χ2n) is 6.62. The van der Waals surface area contributed by atoms with E-state index in [9.17, 15) is 22.8 Å². The van der Waals surface area contributed by atoms with Gasteiger partial charge in [0, 0.05) is 24.3 Å². The summed E-state index contributed by atoms with van der Waals surface area (Å²) in [6.45, 7) is 0.549. The smallest absolute Gasteiger partial charge is 0.394 e. The normalized spacial score (nSPS) is 19.5. The van der Waals surface area contributed by atoms with Gasteiger partial charge in [0.05, 0.1) is 11.8 Å². The fourth-order valence-corrected chi connectivity index (χ4v) is 3.29. The monoisotopic (exact) mass is 393 g/mol. The third kappa shape index (κ3) is 4.08. The number of hydrogen-bond acceptors (Lipinski definition) is 3. The molecule has 2 N–H and O–H groups in total. The molecule has 0 unspecified atom stereocenters. The zero-order valence-electron chi connectivity index (χ0n) is 14.9. The number of carboxylic acid groups (broad SMARTS) is 1. The molecule has 1 aliphatic heterocycles. The van der Waals surface area contributed by atoms with Crippen molar-refractivity contribution in [3.8, 4) is 11.1 Å². The Hall–Kier alpha value is -3.10. The van der Waals surface area contributed by atoms with E-state index in [1.54, 1.807) is 19.1 Å². The van der Waals surface area contributed by atoms with Crippen LogP contribution in [0.25, 0.3) is 11.1 Å². The highest BCUT2D eigenvalue weighted by molar-refractivity contribution is 5.89. The number of benzene rings is 1. The number of halogens is 3. The first kappa shape index (κ1) is 19.7. The molecule has 148 valence electrons. The second kappa shape index (κ2) is 7.49. The van der Waals surface area contributed by atoms with Crippen molar-refractivity contribution in [2.45, 2.75) is 13.1 Å². The summed E-state index contributed by atoms with van der Waals surface area (Å²) >= 11 is 0. The van der Waals surface area contributed by atoms with Gasteiger partial charge in [-0.15, -0.1) is 0 Å². The summed E-state index contributed by atoms with van der Waals surface area (Å²) in [6, 6.07) is 12.0. The number of aryl methyl sites for hydroxylation is 1. The zero-order chi connectivity index (χ0) is 20.5. The fraction of sp³-hybridized carbons (Fsp3) is 0.316. The van der Waals surface area contributed by atoms with Crippen molar-refractivity contribution >= 4 is 17.8 Å². The van der Waals surface area contributed by atoms with Crippen molar-refractivity contribution in [3.63, 3.8) is 0 Å². The molecule has 1 fully saturated rings. The first-order chi connectivity index (χ1) is 13.2. The third-order valence-corrected chi connectivity index (χ3v) is 4.75. The van der Waals surface area contributed by atoms with Crippen LogP contribution in [-0.2, 0) is 4.79 Å². The number of amides is 2. The van der Waals surface area contributed by atoms with Gasteiger partial charge in [0.25, 0.3) is 0 Å². The summed E-state index contributed by atoms with van der Waals surface area (Å²) in [6.07, 6.45) is -4.69. The number of pyridine rings is 1. The number of nitrogens with zero attached hydrogens (tertiary/aromatic N) is 2. The molecule has 2 aromatic rings. The molecule has 2 atom stereocenters. The van der Waals surface area contributed by atoms with Gasteiger partial charge >= 0.3 is 18.2 Å². The van der Waals surface area contributed by atoms with Crippen LogP contribution in [0.1, 0.15) is 5.69 Å². The molecule has 0 spiro atoms. The van der Waals surface area contributed by atoms with E-state index in [1.165, 1.54) is 0 Å². The number of nitrogens with one attached hydrogen (secondary N) is 1. The van der Waals surface area contributed by atoms with Crippen LogP contribution < -0.4 is 5.32 Å². The van der Waals surface area contributed by atoms with Crippen molar-refractivity contribution in [2.24, 2.45) is 11.8 Å². The molecule has 1 aliphatic rings. The molecule has 6 nitrogen and oxygen atoms in total. The number of anilines is 1. The van der Waals surface area contributed by atoms with Gasteiger partial charge in [-0.3, -0.25) is 10.1 Å². The number of carboxylic acids is 1. The minimum Gasteiger partial charge on any atom is -0.481 e. The van der Waals surface area contributed by atoms with Crippen LogP contribution in [0, 0.1) is 18.8 Å². The first-order valence-corrected chi connectivity index (χ1v) is 8.55. The summed E-state index contributed by atoms with van der Waals surface area (Å²) in [5, 5.41) is 11.5. The third-order valence-electron chi connectivity index (χ3n) is 4.75. The number of rotatable bonds is 3. The Balaban J connectivity index is 1.73. The predicted molar refractivity (Wildman–Crippen MR) is 95.7 cm³/mol. The Morgan fingerprint density at radius 2 is 1.82 bits per heavy atom. The van der Waals surface area contributed by atoms with E-state index in [0.717, 1.165) is 16.0 Å². The maximum Gasteiger partial charge on any atom is 0.394 e. The Labute approximate surface area is 159 Å². The van der Waals surface area contributed by atoms with E-state index in [4.69, 9.17) is 5.11 Å². The SMILES string of the molecule is Cc1nc(NC(=O)N2C[C@@H](C(F)(F)F)[C@H](C(=O)O)C2)ccc1-c1ccccc1. The number of alkyl halides is 3. The first-order valence-electron chi connectivity index (χ1n) is 8.55. The molecule has 2 amide bonds. The lowest BCUT2D eigenvalue weighted by Gasteiger charge is -2.18. The number of aliphatic carboxylic acids is 1. The van der Waals surface area contributed by atoms with Crippen molar-refractivity contribution < 1.29 is 27.9 Å². The maximum atomic E-state index is 13.1. The number of carbonyl (C=O) groups is 2. The molecule has 9 heteroatoms. The number of likely N-dealkylation sites (tertiary alicyclic amines) is 1. The van der Waals surface area contributed by atoms with Crippen LogP contribution in [0.3, 0.4) is 0 Å². The summed E-state index contributed by atoms with van der Waals surface area (Å²) < 4.78 is 39.2. The van der Waals surface area contributed by atoms with Gasteiger partial charge in [0.1, 0.15) is 5.82 Å². The van der Waals surface area contributed by atoms with E-state index in [0.29, 0.717) is 5.69 Å². The van der Waals surface area contributed by atoms with Crippen molar-refractivity contribution in [1.29, 1.82) is 0 Å². The molecule has 1 aromatic heterocycles. The van der Waals surface area contributed by atoms with Gasteiger partial charge in [0.15, 0.2) is 0 Å². The van der Waals surface area contributed by atoms with Crippen LogP contribution in [0.4, 0.5) is 23.8 Å². The summed E-state index contributed by atoms with van der Waals surface area (Å²) in [5.74, 6) is -5.16. The molecule has 28 heavy (non-hydrogen) atoms. The van der Waals surface area contributed by atoms with E-state index >= 15 is 0 Å². The Bertz CT molecular complexity index is 887. The minimum absolute atomic E-state index is 0.185. The molecule has 3 rings (SSSR count). The van der Waals surface area contributed by atoms with Gasteiger partial charge in [-0.25, -0.2) is 9.78 Å². The van der Waals surface area contributed by atoms with Crippen molar-refractivity contribution in [2.75, 3.05) is 18.4 Å². The lowest BCUT2D eigenvalue weighted by atomic mass is 9.96. The molecule has 1 saturated heterocycles. The molecule has 0 bridgehead atoms. The molecular formula is C19H18F3N3O3. The van der Waals surface area contributed by atoms with Crippen LogP contribution >= 0.6 is 0 Å². The summed E-state index contributed by atoms with van der Waals surface area (Å²) in [5.41, 5.74) is 2.45. The van der Waals surface area contributed by atoms with Crippen LogP contribution in [0.5, 0.6) is 0 Å². The van der Waals surface area contributed by atoms with Crippen molar-refractivity contribution in [1.82, 2.24) is 9.88 Å². The average molecular weight is 393 g/mol. The number of urea groups is 1. The minimum atomic E-state index is -4.69. The molecule has 0 radical (unpaired) electrons. The Morgan fingerprint density at radius 3 is 2.36 bits per heavy atom. The molecule has 2 heterocycles. The van der Waals surface area contributed by atoms with E-state index in [2.05, 4.69) is 10.3 Å². The number of hydrogen-bond donors (Lipinski definition) is 2. The Morgan fingerprint density at radius 1 is 1.14 bits per heavy atom. The topological polar surface area (TPSA) is 82.5 Å². The fourth-order valence-electron chi connectivity index (χ4n) is 3.29. The molecular weight excluding hydrogens is 375 g/mol. The summed E-state index contributed by atoms with van der Waals surface area (Å²) in [7, 11) is 0. The largest absolute Gasteiger partial charge is 0.481 e. The van der Waals surface area contributed by atoms with E-state index in [1.807, 2.05) is 30.3 Å². The Kier molecular flexibility index (Phi) is 5.26. The van der Waals surface area contributed by atoms with Gasteiger partial charge in [-0.2, -0.15) is 13.2 Å². The highest BCUT2D eigenvalue weighted by Crippen LogP contribution is 2.38. The molecule has 1 aromatic carbocycles. The van der Waals surface area contributed by atoms with Gasteiger partial charge in [-0.05, 0) is 24.6 Å². The molecule has 0 saturated carbocycles. The van der Waals surface area contributed by atoms with Crippen molar-refractivity contribution in [3.05, 3.63) is 48.2 Å². The highest BCUT2D eigenvalue weighted by Gasteiger charge is 2.53. The summed E-state index contributed by atoms with van der Waals surface area (Å²) in [4.78, 5) is 28.6. The van der Waals surface area contributed by atoms with Gasteiger partial charge in [0.2, 0.25) is 0 Å². The number of aromatic nitrogens is 1. The lowest BCUT2D eigenvalue weighted by molar-refractivity contribution is -0.187. The quantitative estimate of drug-likeness (QED) is 0.831. The van der Waals surface area contributed by atoms with Gasteiger partial charge in [-0.1, -0.05) is 30.3 Å². The molecule has 0 aliphatic carbocycles. The highest BCUT2D eigenvalue weighted by atomic mass is 19.4.